The molecule has 1 aromatic rings. The van der Waals surface area contributed by atoms with Gasteiger partial charge in [0.2, 0.25) is 10.0 Å². The zero-order valence-electron chi connectivity index (χ0n) is 11.9. The normalized spacial score (nSPS) is 16.5. The third-order valence-electron chi connectivity index (χ3n) is 3.61. The number of hydrogen-bond acceptors (Lipinski definition) is 4. The fraction of sp³-hybridized carbons (Fsp3) is 0.571. The summed E-state index contributed by atoms with van der Waals surface area (Å²) in [6, 6.07) is 3.63. The first-order chi connectivity index (χ1) is 10.0. The first-order valence-corrected chi connectivity index (χ1v) is 8.62. The van der Waals surface area contributed by atoms with E-state index in [1.807, 2.05) is 0 Å². The lowest BCUT2D eigenvalue weighted by Crippen LogP contribution is -2.29. The van der Waals surface area contributed by atoms with E-state index < -0.39 is 15.8 Å². The van der Waals surface area contributed by atoms with Crippen molar-refractivity contribution in [1.29, 1.82) is 0 Å². The van der Waals surface area contributed by atoms with E-state index in [1.54, 1.807) is 0 Å². The van der Waals surface area contributed by atoms with Gasteiger partial charge in [-0.3, -0.25) is 0 Å². The molecule has 0 bridgehead atoms. The Morgan fingerprint density at radius 2 is 2.00 bits per heavy atom. The maximum atomic E-state index is 13.7. The van der Waals surface area contributed by atoms with Crippen molar-refractivity contribution in [2.45, 2.75) is 30.8 Å². The molecule has 0 amide bonds. The molecular formula is C14H21FN2O3S. The van der Waals surface area contributed by atoms with Crippen molar-refractivity contribution in [1.82, 2.24) is 9.62 Å². The van der Waals surface area contributed by atoms with Crippen LogP contribution < -0.4 is 4.72 Å². The largest absolute Gasteiger partial charge is 0.392 e. The number of nitrogens with one attached hydrogen (secondary N) is 1. The van der Waals surface area contributed by atoms with E-state index in [0.29, 0.717) is 18.5 Å². The van der Waals surface area contributed by atoms with Crippen molar-refractivity contribution in [3.05, 3.63) is 29.6 Å². The molecule has 21 heavy (non-hydrogen) atoms. The van der Waals surface area contributed by atoms with E-state index in [-0.39, 0.29) is 11.5 Å². The van der Waals surface area contributed by atoms with Gasteiger partial charge in [0, 0.05) is 6.54 Å². The van der Waals surface area contributed by atoms with Gasteiger partial charge in [0.15, 0.2) is 0 Å². The lowest BCUT2D eigenvalue weighted by molar-refractivity contribution is 0.281. The summed E-state index contributed by atoms with van der Waals surface area (Å²) in [5.41, 5.74) is 0.348. The highest BCUT2D eigenvalue weighted by atomic mass is 32.2. The highest BCUT2D eigenvalue weighted by Crippen LogP contribution is 2.16. The second-order valence-corrected chi connectivity index (χ2v) is 6.96. The lowest BCUT2D eigenvalue weighted by Gasteiger charge is -2.14. The summed E-state index contributed by atoms with van der Waals surface area (Å²) in [7, 11) is -3.84. The molecule has 2 rings (SSSR count). The van der Waals surface area contributed by atoms with E-state index in [0.717, 1.165) is 25.7 Å². The topological polar surface area (TPSA) is 69.6 Å². The van der Waals surface area contributed by atoms with Crippen LogP contribution in [0.15, 0.2) is 23.1 Å². The molecule has 1 aromatic carbocycles. The summed E-state index contributed by atoms with van der Waals surface area (Å²) in [4.78, 5) is 1.92. The molecule has 1 aliphatic heterocycles. The first kappa shape index (κ1) is 16.4. The van der Waals surface area contributed by atoms with Crippen LogP contribution in [-0.4, -0.2) is 44.6 Å². The Bertz CT molecular complexity index is 572. The minimum Gasteiger partial charge on any atom is -0.392 e. The van der Waals surface area contributed by atoms with Crippen LogP contribution in [0.25, 0.3) is 0 Å². The zero-order chi connectivity index (χ0) is 15.3. The molecule has 0 saturated carbocycles. The number of rotatable bonds is 7. The molecule has 0 unspecified atom stereocenters. The molecule has 5 nitrogen and oxygen atoms in total. The maximum Gasteiger partial charge on any atom is 0.243 e. The number of nitrogens with zero attached hydrogens (tertiary/aromatic N) is 1. The molecule has 2 N–H and O–H groups in total. The second kappa shape index (κ2) is 7.31. The summed E-state index contributed by atoms with van der Waals surface area (Å²) < 4.78 is 40.2. The smallest absolute Gasteiger partial charge is 0.243 e. The van der Waals surface area contributed by atoms with Crippen LogP contribution in [0.5, 0.6) is 0 Å². The molecular weight excluding hydrogens is 295 g/mol. The molecule has 0 aromatic heterocycles. The predicted octanol–water partition coefficient (Wildman–Crippen LogP) is 1.08. The fourth-order valence-electron chi connectivity index (χ4n) is 2.45. The molecule has 0 radical (unpaired) electrons. The summed E-state index contributed by atoms with van der Waals surface area (Å²) in [5, 5.41) is 8.90. The summed E-state index contributed by atoms with van der Waals surface area (Å²) in [6.45, 7) is 2.98. The van der Waals surface area contributed by atoms with Crippen LogP contribution in [-0.2, 0) is 16.6 Å². The van der Waals surface area contributed by atoms with E-state index >= 15 is 0 Å². The van der Waals surface area contributed by atoms with Crippen LogP contribution in [0, 0.1) is 5.82 Å². The number of halogens is 1. The number of aliphatic hydroxyl groups excluding tert-OH is 1. The van der Waals surface area contributed by atoms with Crippen LogP contribution >= 0.6 is 0 Å². The second-order valence-electron chi connectivity index (χ2n) is 5.22. The van der Waals surface area contributed by atoms with E-state index in [1.165, 1.54) is 25.0 Å². The Morgan fingerprint density at radius 3 is 2.62 bits per heavy atom. The number of benzene rings is 1. The van der Waals surface area contributed by atoms with Gasteiger partial charge >= 0.3 is 0 Å². The fourth-order valence-corrected chi connectivity index (χ4v) is 3.59. The summed E-state index contributed by atoms with van der Waals surface area (Å²) in [6.07, 6.45) is 3.11. The number of aliphatic hydroxyl groups is 1. The van der Waals surface area contributed by atoms with Crippen molar-refractivity contribution in [2.24, 2.45) is 0 Å². The van der Waals surface area contributed by atoms with Gasteiger partial charge in [0.1, 0.15) is 10.7 Å². The zero-order valence-corrected chi connectivity index (χ0v) is 12.7. The predicted molar refractivity (Wildman–Crippen MR) is 77.8 cm³/mol. The first-order valence-electron chi connectivity index (χ1n) is 7.14. The quantitative estimate of drug-likeness (QED) is 0.739. The molecule has 1 aliphatic rings. The molecule has 7 heteroatoms. The van der Waals surface area contributed by atoms with E-state index in [4.69, 9.17) is 5.11 Å². The minimum atomic E-state index is -3.84. The van der Waals surface area contributed by atoms with Crippen molar-refractivity contribution in [3.63, 3.8) is 0 Å². The highest BCUT2D eigenvalue weighted by Gasteiger charge is 2.19. The lowest BCUT2D eigenvalue weighted by atomic mass is 10.2. The molecule has 1 saturated heterocycles. The molecule has 118 valence electrons. The average molecular weight is 316 g/mol. The van der Waals surface area contributed by atoms with Gasteiger partial charge < -0.3 is 10.0 Å². The van der Waals surface area contributed by atoms with Crippen molar-refractivity contribution >= 4 is 10.0 Å². The Kier molecular flexibility index (Phi) is 5.69. The van der Waals surface area contributed by atoms with Crippen molar-refractivity contribution in [3.8, 4) is 0 Å². The van der Waals surface area contributed by atoms with E-state index in [2.05, 4.69) is 9.62 Å². The van der Waals surface area contributed by atoms with Gasteiger partial charge in [-0.1, -0.05) is 6.07 Å². The standard InChI is InChI=1S/C14H21FN2O3S/c15-13-10-12(11-18)4-5-14(13)21(19,20)16-6-3-9-17-7-1-2-8-17/h4-5,10,16,18H,1-3,6-9,11H2. The summed E-state index contributed by atoms with van der Waals surface area (Å²) in [5.74, 6) is -0.839. The van der Waals surface area contributed by atoms with E-state index in [9.17, 15) is 12.8 Å². The van der Waals surface area contributed by atoms with Gasteiger partial charge in [-0.05, 0) is 56.6 Å². The number of sulfonamides is 1. The summed E-state index contributed by atoms with van der Waals surface area (Å²) >= 11 is 0. The Labute approximate surface area is 124 Å². The SMILES string of the molecule is O=S(=O)(NCCCN1CCCC1)c1ccc(CO)cc1F. The Hall–Kier alpha value is -1.02. The highest BCUT2D eigenvalue weighted by molar-refractivity contribution is 7.89. The van der Waals surface area contributed by atoms with Gasteiger partial charge in [-0.25, -0.2) is 17.5 Å². The maximum absolute atomic E-state index is 13.7. The molecule has 0 spiro atoms. The van der Waals surface area contributed by atoms with Gasteiger partial charge in [-0.15, -0.1) is 0 Å². The third-order valence-corrected chi connectivity index (χ3v) is 5.10. The Morgan fingerprint density at radius 1 is 1.29 bits per heavy atom. The van der Waals surface area contributed by atoms with Crippen molar-refractivity contribution in [2.75, 3.05) is 26.2 Å². The molecule has 0 aliphatic carbocycles. The van der Waals surface area contributed by atoms with Gasteiger partial charge in [0.05, 0.1) is 6.61 Å². The molecule has 1 fully saturated rings. The van der Waals surface area contributed by atoms with Crippen LogP contribution in [0.1, 0.15) is 24.8 Å². The van der Waals surface area contributed by atoms with Crippen LogP contribution in [0.2, 0.25) is 0 Å². The minimum absolute atomic E-state index is 0.292. The Balaban J connectivity index is 1.88. The number of hydrogen-bond donors (Lipinski definition) is 2. The van der Waals surface area contributed by atoms with Gasteiger partial charge in [-0.2, -0.15) is 0 Å². The molecule has 0 atom stereocenters. The monoisotopic (exact) mass is 316 g/mol. The van der Waals surface area contributed by atoms with Crippen LogP contribution in [0.4, 0.5) is 4.39 Å². The molecule has 1 heterocycles. The van der Waals surface area contributed by atoms with Gasteiger partial charge in [0.25, 0.3) is 0 Å². The third kappa shape index (κ3) is 4.47. The average Bonchev–Trinajstić information content (AvgIpc) is 2.96. The number of likely N-dealkylation sites (tertiary alicyclic amines) is 1. The van der Waals surface area contributed by atoms with Crippen LogP contribution in [0.3, 0.4) is 0 Å². The van der Waals surface area contributed by atoms with Crippen molar-refractivity contribution < 1.29 is 17.9 Å².